The number of hydrogen-bond acceptors (Lipinski definition) is 4. The highest BCUT2D eigenvalue weighted by atomic mass is 79.9. The Morgan fingerprint density at radius 1 is 1.25 bits per heavy atom. The van der Waals surface area contributed by atoms with Crippen molar-refractivity contribution in [3.63, 3.8) is 0 Å². The molecule has 0 radical (unpaired) electrons. The quantitative estimate of drug-likeness (QED) is 0.805. The first-order chi connectivity index (χ1) is 7.84. The van der Waals surface area contributed by atoms with Crippen molar-refractivity contribution in [2.24, 2.45) is 0 Å². The first-order valence-corrected chi connectivity index (χ1v) is 6.01. The maximum Gasteiger partial charge on any atom is 0.180 e. The summed E-state index contributed by atoms with van der Waals surface area (Å²) in [5.74, 6) is 0.922. The lowest BCUT2D eigenvalue weighted by Crippen LogP contribution is -2.36. The molecule has 2 aromatic rings. The van der Waals surface area contributed by atoms with Crippen LogP contribution in [0.3, 0.4) is 0 Å². The molecule has 5 heteroatoms. The van der Waals surface area contributed by atoms with Crippen molar-refractivity contribution in [1.82, 2.24) is 5.16 Å². The largest absolute Gasteiger partial charge is 0.378 e. The second kappa shape index (κ2) is 4.07. The number of morpholine rings is 1. The number of rotatable bonds is 1. The summed E-state index contributed by atoms with van der Waals surface area (Å²) in [6.45, 7) is 3.26. The van der Waals surface area contributed by atoms with Crippen molar-refractivity contribution in [1.29, 1.82) is 0 Å². The van der Waals surface area contributed by atoms with Crippen molar-refractivity contribution >= 4 is 32.7 Å². The van der Waals surface area contributed by atoms with Crippen LogP contribution in [0.5, 0.6) is 0 Å². The summed E-state index contributed by atoms with van der Waals surface area (Å²) in [6.07, 6.45) is 0. The zero-order valence-electron chi connectivity index (χ0n) is 8.65. The third kappa shape index (κ3) is 1.70. The smallest absolute Gasteiger partial charge is 0.180 e. The molecule has 0 spiro atoms. The summed E-state index contributed by atoms with van der Waals surface area (Å²) < 4.78 is 11.6. The molecule has 16 heavy (non-hydrogen) atoms. The lowest BCUT2D eigenvalue weighted by Gasteiger charge is -2.26. The average Bonchev–Trinajstić information content (AvgIpc) is 2.73. The summed E-state index contributed by atoms with van der Waals surface area (Å²) in [5, 5.41) is 5.19. The fraction of sp³-hybridized carbons (Fsp3) is 0.364. The lowest BCUT2D eigenvalue weighted by atomic mass is 10.2. The zero-order chi connectivity index (χ0) is 11.0. The van der Waals surface area contributed by atoms with Gasteiger partial charge in [-0.3, -0.25) is 0 Å². The Labute approximate surface area is 101 Å². The van der Waals surface area contributed by atoms with Gasteiger partial charge in [0.2, 0.25) is 0 Å². The normalized spacial score (nSPS) is 16.9. The third-order valence-electron chi connectivity index (χ3n) is 2.73. The third-order valence-corrected chi connectivity index (χ3v) is 3.22. The molecule has 1 fully saturated rings. The molecule has 0 atom stereocenters. The van der Waals surface area contributed by atoms with Crippen molar-refractivity contribution in [3.05, 3.63) is 22.7 Å². The van der Waals surface area contributed by atoms with Crippen LogP contribution in [0.25, 0.3) is 11.0 Å². The van der Waals surface area contributed by atoms with E-state index in [4.69, 9.17) is 9.26 Å². The number of aromatic nitrogens is 1. The Morgan fingerprint density at radius 2 is 2.06 bits per heavy atom. The Morgan fingerprint density at radius 3 is 2.88 bits per heavy atom. The molecule has 0 aliphatic carbocycles. The lowest BCUT2D eigenvalue weighted by molar-refractivity contribution is 0.122. The Hall–Kier alpha value is -1.07. The van der Waals surface area contributed by atoms with Crippen LogP contribution in [0.15, 0.2) is 27.2 Å². The van der Waals surface area contributed by atoms with E-state index >= 15 is 0 Å². The van der Waals surface area contributed by atoms with Gasteiger partial charge in [0.15, 0.2) is 11.4 Å². The molecule has 84 valence electrons. The van der Waals surface area contributed by atoms with Crippen LogP contribution in [0.1, 0.15) is 0 Å². The number of anilines is 1. The number of ether oxygens (including phenoxy) is 1. The number of nitrogens with zero attached hydrogens (tertiary/aromatic N) is 2. The van der Waals surface area contributed by atoms with E-state index in [1.165, 1.54) is 0 Å². The fourth-order valence-corrected chi connectivity index (χ4v) is 2.24. The van der Waals surface area contributed by atoms with Crippen LogP contribution in [0, 0.1) is 0 Å². The minimum Gasteiger partial charge on any atom is -0.378 e. The first kappa shape index (κ1) is 10.1. The molecular formula is C11H11BrN2O2. The van der Waals surface area contributed by atoms with Gasteiger partial charge >= 0.3 is 0 Å². The second-order valence-corrected chi connectivity index (χ2v) is 4.66. The average molecular weight is 283 g/mol. The van der Waals surface area contributed by atoms with Crippen molar-refractivity contribution in [3.8, 4) is 0 Å². The molecule has 1 aliphatic rings. The molecule has 0 bridgehead atoms. The summed E-state index contributed by atoms with van der Waals surface area (Å²) in [7, 11) is 0. The van der Waals surface area contributed by atoms with E-state index in [1.54, 1.807) is 0 Å². The highest BCUT2D eigenvalue weighted by Gasteiger charge is 2.17. The van der Waals surface area contributed by atoms with Gasteiger partial charge in [0.1, 0.15) is 0 Å². The predicted molar refractivity (Wildman–Crippen MR) is 64.7 cm³/mol. The molecular weight excluding hydrogens is 272 g/mol. The van der Waals surface area contributed by atoms with E-state index in [9.17, 15) is 0 Å². The molecule has 1 saturated heterocycles. The van der Waals surface area contributed by atoms with Gasteiger partial charge < -0.3 is 14.2 Å². The SMILES string of the molecule is Brc1ccc2c(N3CCOCC3)noc2c1. The first-order valence-electron chi connectivity index (χ1n) is 5.22. The van der Waals surface area contributed by atoms with E-state index in [2.05, 4.69) is 26.0 Å². The van der Waals surface area contributed by atoms with Gasteiger partial charge in [-0.05, 0) is 18.2 Å². The van der Waals surface area contributed by atoms with Crippen LogP contribution in [0.2, 0.25) is 0 Å². The van der Waals surface area contributed by atoms with Gasteiger partial charge in [-0.25, -0.2) is 0 Å². The number of halogens is 1. The molecule has 1 aliphatic heterocycles. The van der Waals surface area contributed by atoms with E-state index in [1.807, 2.05) is 18.2 Å². The number of benzene rings is 1. The van der Waals surface area contributed by atoms with Gasteiger partial charge in [-0.15, -0.1) is 0 Å². The number of fused-ring (bicyclic) bond motifs is 1. The standard InChI is InChI=1S/C11H11BrN2O2/c12-8-1-2-9-10(7-8)16-13-11(9)14-3-5-15-6-4-14/h1-2,7H,3-6H2. The van der Waals surface area contributed by atoms with Gasteiger partial charge in [0.25, 0.3) is 0 Å². The van der Waals surface area contributed by atoms with Crippen molar-refractivity contribution < 1.29 is 9.26 Å². The van der Waals surface area contributed by atoms with E-state index in [0.717, 1.165) is 47.6 Å². The molecule has 1 aromatic carbocycles. The molecule has 0 amide bonds. The molecule has 2 heterocycles. The Balaban J connectivity index is 2.03. The molecule has 4 nitrogen and oxygen atoms in total. The summed E-state index contributed by atoms with van der Waals surface area (Å²) in [4.78, 5) is 2.20. The second-order valence-electron chi connectivity index (χ2n) is 3.75. The van der Waals surface area contributed by atoms with E-state index in [-0.39, 0.29) is 0 Å². The predicted octanol–water partition coefficient (Wildman–Crippen LogP) is 2.43. The van der Waals surface area contributed by atoms with Crippen LogP contribution in [-0.2, 0) is 4.74 Å². The highest BCUT2D eigenvalue weighted by molar-refractivity contribution is 9.10. The molecule has 0 unspecified atom stereocenters. The van der Waals surface area contributed by atoms with Gasteiger partial charge in [-0.1, -0.05) is 21.1 Å². The van der Waals surface area contributed by atoms with Crippen molar-refractivity contribution in [2.45, 2.75) is 0 Å². The van der Waals surface area contributed by atoms with Crippen LogP contribution < -0.4 is 4.90 Å². The molecule has 0 saturated carbocycles. The molecule has 1 aromatic heterocycles. The number of hydrogen-bond donors (Lipinski definition) is 0. The van der Waals surface area contributed by atoms with Crippen LogP contribution >= 0.6 is 15.9 Å². The van der Waals surface area contributed by atoms with Crippen molar-refractivity contribution in [2.75, 3.05) is 31.2 Å². The van der Waals surface area contributed by atoms with E-state index in [0.29, 0.717) is 0 Å². The highest BCUT2D eigenvalue weighted by Crippen LogP contribution is 2.28. The topological polar surface area (TPSA) is 38.5 Å². The zero-order valence-corrected chi connectivity index (χ0v) is 10.2. The molecule has 0 N–H and O–H groups in total. The van der Waals surface area contributed by atoms with Crippen LogP contribution in [-0.4, -0.2) is 31.5 Å². The fourth-order valence-electron chi connectivity index (χ4n) is 1.90. The van der Waals surface area contributed by atoms with Gasteiger partial charge in [0.05, 0.1) is 18.6 Å². The molecule has 3 rings (SSSR count). The Bertz CT molecular complexity index is 506. The summed E-state index contributed by atoms with van der Waals surface area (Å²) in [5.41, 5.74) is 0.816. The van der Waals surface area contributed by atoms with Crippen LogP contribution in [0.4, 0.5) is 5.82 Å². The maximum absolute atomic E-state index is 5.32. The minimum atomic E-state index is 0.755. The maximum atomic E-state index is 5.32. The monoisotopic (exact) mass is 282 g/mol. The Kier molecular flexibility index (Phi) is 2.57. The minimum absolute atomic E-state index is 0.755. The summed E-state index contributed by atoms with van der Waals surface area (Å²) in [6, 6.07) is 5.97. The van der Waals surface area contributed by atoms with Gasteiger partial charge in [0, 0.05) is 17.6 Å². The summed E-state index contributed by atoms with van der Waals surface area (Å²) >= 11 is 3.42. The van der Waals surface area contributed by atoms with Gasteiger partial charge in [-0.2, -0.15) is 0 Å². The van der Waals surface area contributed by atoms with E-state index < -0.39 is 0 Å².